The zero-order valence-electron chi connectivity index (χ0n) is 66.9. The van der Waals surface area contributed by atoms with Crippen molar-refractivity contribution in [3.63, 3.8) is 0 Å². The molecule has 14 rings (SSSR count). The third-order valence-electron chi connectivity index (χ3n) is 21.9. The fourth-order valence-electron chi connectivity index (χ4n) is 15.5. The number of aliphatic hydroxyl groups excluding tert-OH is 5. The number of aliphatic hydroxyl groups is 5. The Morgan fingerprint density at radius 3 is 1.97 bits per heavy atom. The minimum absolute atomic E-state index is 0.0416. The Balaban J connectivity index is 1.06. The Morgan fingerprint density at radius 1 is 0.694 bits per heavy atom. The molecule has 7 aromatic rings. The van der Waals surface area contributed by atoms with Crippen LogP contribution in [0, 0.1) is 11.8 Å². The Morgan fingerprint density at radius 2 is 1.32 bits per heavy atom. The number of benzene rings is 6. The number of primary amides is 1. The molecule has 36 heteroatoms. The summed E-state index contributed by atoms with van der Waals surface area (Å²) in [4.78, 5) is 124. The number of nitrogens with one attached hydrogen (secondary N) is 7. The van der Waals surface area contributed by atoms with Crippen LogP contribution in [0.25, 0.3) is 21.6 Å². The number of aromatic nitrogens is 1. The summed E-state index contributed by atoms with van der Waals surface area (Å²) >= 11 is 17.0. The molecular weight excluding hydrogens is 1650 g/mol. The van der Waals surface area contributed by atoms with Crippen molar-refractivity contribution < 1.29 is 113 Å². The van der Waals surface area contributed by atoms with Gasteiger partial charge >= 0.3 is 5.97 Å². The largest absolute Gasteiger partial charge is 0.508 e. The number of unbranched alkanes of at least 4 members (excludes halogenated alkanes) is 7. The highest BCUT2D eigenvalue weighted by molar-refractivity contribution is 8.01. The van der Waals surface area contributed by atoms with E-state index in [0.717, 1.165) is 104 Å². The van der Waals surface area contributed by atoms with Gasteiger partial charge in [0.05, 0.1) is 39.7 Å². The third-order valence-corrected chi connectivity index (χ3v) is 24.8. The highest BCUT2D eigenvalue weighted by Crippen LogP contribution is 2.51. The van der Waals surface area contributed by atoms with Crippen LogP contribution in [0.4, 0.5) is 0 Å². The van der Waals surface area contributed by atoms with Crippen molar-refractivity contribution in [1.29, 1.82) is 0 Å². The van der Waals surface area contributed by atoms with Gasteiger partial charge in [-0.05, 0) is 122 Å². The van der Waals surface area contributed by atoms with Gasteiger partial charge in [-0.3, -0.25) is 33.6 Å². The monoisotopic (exact) mass is 1750 g/mol. The van der Waals surface area contributed by atoms with Crippen LogP contribution < -0.4 is 57.2 Å². The average Bonchev–Trinajstić information content (AvgIpc) is 0.892. The zero-order chi connectivity index (χ0) is 87.0. The second kappa shape index (κ2) is 39.5. The maximum absolute atomic E-state index is 16.4. The summed E-state index contributed by atoms with van der Waals surface area (Å²) in [5.41, 5.74) is 2.95. The number of hydrogen-bond acceptors (Lipinski definition) is 26. The number of fused-ring (bicyclic) bond motifs is 15. The van der Waals surface area contributed by atoms with Crippen LogP contribution in [0.1, 0.15) is 170 Å². The number of amides is 7. The quantitative estimate of drug-likeness (QED) is 0.0187. The van der Waals surface area contributed by atoms with E-state index in [2.05, 4.69) is 49.1 Å². The molecule has 18 N–H and O–H groups in total. The summed E-state index contributed by atoms with van der Waals surface area (Å²) in [6.45, 7) is 11.4. The second-order valence-corrected chi connectivity index (χ2v) is 34.7. The molecule has 6 aromatic carbocycles. The first-order valence-corrected chi connectivity index (χ1v) is 42.5. The normalized spacial score (nSPS) is 26.5. The summed E-state index contributed by atoms with van der Waals surface area (Å²) in [6.07, 6.45) is -7.22. The number of thioether (sulfide) groups is 1. The van der Waals surface area contributed by atoms with Crippen LogP contribution >= 0.6 is 46.3 Å². The molecule has 11 bridgehead atoms. The van der Waals surface area contributed by atoms with Crippen molar-refractivity contribution in [2.75, 3.05) is 12.3 Å². The molecule has 32 nitrogen and oxygen atoms in total. The number of thiazole rings is 1. The molecule has 18 atom stereocenters. The van der Waals surface area contributed by atoms with Crippen molar-refractivity contribution in [2.45, 2.75) is 220 Å². The average molecular weight is 1750 g/mol. The Kier molecular flexibility index (Phi) is 29.5. The number of carbonyl (C=O) groups is 8. The minimum Gasteiger partial charge on any atom is -0.508 e. The van der Waals surface area contributed by atoms with E-state index in [9.17, 15) is 60.3 Å². The van der Waals surface area contributed by atoms with E-state index >= 15 is 24.0 Å². The number of rotatable bonds is 25. The van der Waals surface area contributed by atoms with E-state index in [0.29, 0.717) is 17.3 Å². The molecule has 7 aliphatic rings. The Labute approximate surface area is 714 Å². The number of phenols is 3. The van der Waals surface area contributed by atoms with Crippen molar-refractivity contribution in [1.82, 2.24) is 42.2 Å². The lowest BCUT2D eigenvalue weighted by molar-refractivity contribution is -0.330. The summed E-state index contributed by atoms with van der Waals surface area (Å²) in [5.74, 6) is -16.2. The molecule has 648 valence electrons. The fraction of sp³-hybridized carbons (Fsp3) is 0.447. The molecule has 121 heavy (non-hydrogen) atoms. The predicted molar refractivity (Wildman–Crippen MR) is 443 cm³/mol. The third kappa shape index (κ3) is 21.2. The lowest BCUT2D eigenvalue weighted by Gasteiger charge is -2.48. The molecule has 2 saturated heterocycles. The van der Waals surface area contributed by atoms with E-state index in [4.69, 9.17) is 57.4 Å². The molecule has 1 aromatic heterocycles. The second-order valence-electron chi connectivity index (χ2n) is 31.6. The standard InChI is InChI=1S/C85H99Cl2N9O23S2/c1-7-8-9-10-11-12-13-17-26-90-85(6)36-62(114-41(5)75(85)105)118-74-72(104)71(103)59(38-120-84-89-37-60(121-84)42-18-15-14-16-19-42)117-83(74)119-73-57-31-46-32-58(73)116-56-25-22-45(30-51(56)87)70(102)68-81(111)94-66(82(112)113)49-33-47(97)34-54(99)63(49)48-28-43(20-23-53(48)98)64(78(108)96-68)93-79(109)65(46)92-77(107)52(35-61(88)100)91-80(110)67(95-76(106)40(4)27-39(2)3)69(101)44-21-24-55(115-57)50(86)29-44/h14-16,18-25,28-34,37,39-41,52,59,62,64-72,74-75,83,90,97-99,101-105H,7-13,17,26-27,35-36,38H2,1-6H3,(H2,88,100)(H,91,110)(H,92,107)(H,93,109)(H,94,111)(H,95,106)(H,96,108)(H,112,113)/t40-,41?,52+,59?,62?,64?,65-,66-,67-,68+,69-,70-,71?,72?,74?,75?,83?,85?/m1/s1. The molecule has 8 heterocycles. The number of nitrogens with zero attached hydrogens (tertiary/aromatic N) is 1. The molecule has 0 saturated carbocycles. The van der Waals surface area contributed by atoms with Gasteiger partial charge in [-0.1, -0.05) is 156 Å². The van der Waals surface area contributed by atoms with Crippen LogP contribution in [0.3, 0.4) is 0 Å². The SMILES string of the molecule is CCCCCCCCCCNC1(C)CC(OC2C(Oc3c4cc5cc3Oc3ccc(cc3Cl)[C@@H](O)[C@@H](NC(=O)[C@H](C)CC(C)C)C(=O)N[C@@H](CC(N)=O)C(=O)N[C@H]5C(=O)NC3C(=O)N[C@H](C(=O)N[C@@H](C(=O)O)c5cc(O)cc(O)c5-c5cc3ccc5O)[C@H](O)c3ccc(c(Cl)c3)O4)OC(CSc3ncc(-c4ccccc4)s3)C(O)C2O)OC(C)C1O. The summed E-state index contributed by atoms with van der Waals surface area (Å²) in [7, 11) is 0. The molecule has 0 spiro atoms. The maximum atomic E-state index is 16.4. The van der Waals surface area contributed by atoms with Crippen molar-refractivity contribution in [3.8, 4) is 67.6 Å². The number of carboxylic acids is 1. The van der Waals surface area contributed by atoms with Gasteiger partial charge in [-0.15, -0.1) is 11.3 Å². The molecule has 7 amide bonds. The first-order valence-electron chi connectivity index (χ1n) is 39.9. The van der Waals surface area contributed by atoms with Gasteiger partial charge in [-0.25, -0.2) is 9.78 Å². The van der Waals surface area contributed by atoms with E-state index in [1.807, 2.05) is 51.1 Å². The highest BCUT2D eigenvalue weighted by Gasteiger charge is 2.52. The molecular formula is C85H99Cl2N9O23S2. The van der Waals surface area contributed by atoms with Gasteiger partial charge < -0.3 is 117 Å². The number of phenolic OH excluding ortho intramolecular Hbond substituents is 3. The van der Waals surface area contributed by atoms with Crippen LogP contribution in [-0.2, 0) is 52.6 Å². The summed E-state index contributed by atoms with van der Waals surface area (Å²) in [5, 5.41) is 125. The molecule has 0 aliphatic carbocycles. The van der Waals surface area contributed by atoms with Gasteiger partial charge in [0.2, 0.25) is 53.4 Å². The number of nitrogens with two attached hydrogens (primary N) is 1. The van der Waals surface area contributed by atoms with Crippen LogP contribution in [0.2, 0.25) is 10.0 Å². The predicted octanol–water partition coefficient (Wildman–Crippen LogP) is 8.85. The Bertz CT molecular complexity index is 4970. The number of hydrogen-bond donors (Lipinski definition) is 17. The smallest absolute Gasteiger partial charge is 0.330 e. The lowest BCUT2D eigenvalue weighted by Crippen LogP contribution is -2.65. The van der Waals surface area contributed by atoms with Gasteiger partial charge in [0.25, 0.3) is 0 Å². The molecule has 0 radical (unpaired) electrons. The number of carbonyl (C=O) groups excluding carboxylic acids is 7. The summed E-state index contributed by atoms with van der Waals surface area (Å²) < 4.78 is 41.4. The van der Waals surface area contributed by atoms with Crippen LogP contribution in [0.15, 0.2) is 120 Å². The summed E-state index contributed by atoms with van der Waals surface area (Å²) in [6, 6.07) is 10.5. The fourth-order valence-corrected chi connectivity index (χ4v) is 18.0. The molecule has 10 unspecified atom stereocenters. The minimum atomic E-state index is -2.33. The highest BCUT2D eigenvalue weighted by atomic mass is 35.5. The topological polar surface area (TPSA) is 497 Å². The number of ether oxygens (including phenoxy) is 6. The molecule has 7 aliphatic heterocycles. The maximum Gasteiger partial charge on any atom is 0.330 e. The van der Waals surface area contributed by atoms with Gasteiger partial charge in [0.1, 0.15) is 87.7 Å². The first kappa shape index (κ1) is 90.3. The van der Waals surface area contributed by atoms with E-state index in [1.165, 1.54) is 59.9 Å². The van der Waals surface area contributed by atoms with E-state index < -0.39 is 225 Å². The van der Waals surface area contributed by atoms with Crippen molar-refractivity contribution >= 4 is 93.6 Å². The van der Waals surface area contributed by atoms with E-state index in [-0.39, 0.29) is 51.3 Å². The van der Waals surface area contributed by atoms with Gasteiger partial charge in [0, 0.05) is 52.6 Å². The van der Waals surface area contributed by atoms with E-state index in [1.54, 1.807) is 20.0 Å². The number of aromatic hydroxyl groups is 3. The molecule has 2 fully saturated rings. The number of halogens is 2. The zero-order valence-corrected chi connectivity index (χ0v) is 70.0. The number of carboxylic acid groups (broad SMARTS) is 1. The van der Waals surface area contributed by atoms with Crippen molar-refractivity contribution in [3.05, 3.63) is 153 Å². The van der Waals surface area contributed by atoms with Gasteiger partial charge in [0.15, 0.2) is 29.9 Å². The lowest BCUT2D eigenvalue weighted by atomic mass is 9.85. The van der Waals surface area contributed by atoms with Crippen LogP contribution in [-0.4, -0.2) is 183 Å². The Hall–Kier alpha value is -9.92. The van der Waals surface area contributed by atoms with Crippen molar-refractivity contribution in [2.24, 2.45) is 17.6 Å². The van der Waals surface area contributed by atoms with Gasteiger partial charge in [-0.2, -0.15) is 0 Å². The first-order chi connectivity index (χ1) is 57.7. The van der Waals surface area contributed by atoms with Crippen LogP contribution in [0.5, 0.6) is 46.0 Å². The number of aliphatic carboxylic acids is 1.